The summed E-state index contributed by atoms with van der Waals surface area (Å²) in [5, 5.41) is 11.5. The van der Waals surface area contributed by atoms with Gasteiger partial charge in [0.15, 0.2) is 5.16 Å². The number of ether oxygens (including phenoxy) is 1. The van der Waals surface area contributed by atoms with Crippen molar-refractivity contribution in [1.82, 2.24) is 19.2 Å². The van der Waals surface area contributed by atoms with Crippen molar-refractivity contribution in [3.8, 4) is 11.4 Å². The van der Waals surface area contributed by atoms with E-state index in [0.717, 1.165) is 11.8 Å². The van der Waals surface area contributed by atoms with Crippen LogP contribution in [-0.2, 0) is 4.79 Å². The largest absolute Gasteiger partial charge is 0.495 e. The summed E-state index contributed by atoms with van der Waals surface area (Å²) in [6.07, 6.45) is 3.15. The molecule has 31 heavy (non-hydrogen) atoms. The van der Waals surface area contributed by atoms with Gasteiger partial charge in [-0.25, -0.2) is 4.39 Å². The third kappa shape index (κ3) is 4.39. The Labute approximate surface area is 184 Å². The summed E-state index contributed by atoms with van der Waals surface area (Å²) in [6, 6.07) is 10.4. The van der Waals surface area contributed by atoms with Gasteiger partial charge in [0.2, 0.25) is 11.6 Å². The van der Waals surface area contributed by atoms with E-state index in [0.29, 0.717) is 27.3 Å². The van der Waals surface area contributed by atoms with Crippen molar-refractivity contribution in [2.45, 2.75) is 5.16 Å². The molecular formula is C20H15ClFN5O3S. The number of thioether (sulfide) groups is 1. The third-order valence-electron chi connectivity index (χ3n) is 4.31. The highest BCUT2D eigenvalue weighted by atomic mass is 35.5. The van der Waals surface area contributed by atoms with Crippen LogP contribution in [0.25, 0.3) is 11.3 Å². The number of amides is 1. The molecule has 1 amide bonds. The first-order valence-corrected chi connectivity index (χ1v) is 10.3. The van der Waals surface area contributed by atoms with E-state index in [4.69, 9.17) is 16.3 Å². The van der Waals surface area contributed by atoms with Gasteiger partial charge in [0.1, 0.15) is 11.6 Å². The SMILES string of the molecule is COc1ccc(Cl)cc1NC(=O)CSc1nnc2c(=O)n(-c3ccc(F)cc3)ccn12. The number of aromatic nitrogens is 4. The molecular weight excluding hydrogens is 445 g/mol. The van der Waals surface area contributed by atoms with Gasteiger partial charge in [-0.2, -0.15) is 0 Å². The predicted molar refractivity (Wildman–Crippen MR) is 116 cm³/mol. The number of fused-ring (bicyclic) bond motifs is 1. The summed E-state index contributed by atoms with van der Waals surface area (Å²) < 4.78 is 21.2. The van der Waals surface area contributed by atoms with E-state index < -0.39 is 11.4 Å². The molecule has 1 N–H and O–H groups in total. The molecule has 0 saturated heterocycles. The summed E-state index contributed by atoms with van der Waals surface area (Å²) in [4.78, 5) is 25.1. The Kier molecular flexibility index (Phi) is 5.92. The highest BCUT2D eigenvalue weighted by Gasteiger charge is 2.15. The van der Waals surface area contributed by atoms with Crippen LogP contribution in [0.1, 0.15) is 0 Å². The van der Waals surface area contributed by atoms with Gasteiger partial charge < -0.3 is 10.1 Å². The monoisotopic (exact) mass is 459 g/mol. The second kappa shape index (κ2) is 8.78. The highest BCUT2D eigenvalue weighted by Crippen LogP contribution is 2.28. The van der Waals surface area contributed by atoms with Crippen molar-refractivity contribution in [2.75, 3.05) is 18.2 Å². The first-order chi connectivity index (χ1) is 15.0. The van der Waals surface area contributed by atoms with Gasteiger partial charge in [-0.15, -0.1) is 10.2 Å². The molecule has 0 aliphatic heterocycles. The maximum absolute atomic E-state index is 13.1. The smallest absolute Gasteiger partial charge is 0.300 e. The fourth-order valence-corrected chi connectivity index (χ4v) is 3.75. The fraction of sp³-hybridized carbons (Fsp3) is 0.100. The molecule has 8 nitrogen and oxygen atoms in total. The maximum atomic E-state index is 13.1. The predicted octanol–water partition coefficient (Wildman–Crippen LogP) is 3.41. The number of methoxy groups -OCH3 is 1. The minimum Gasteiger partial charge on any atom is -0.495 e. The molecule has 0 fully saturated rings. The van der Waals surface area contributed by atoms with E-state index in [-0.39, 0.29) is 17.3 Å². The number of carbonyl (C=O) groups excluding carboxylic acids is 1. The van der Waals surface area contributed by atoms with E-state index in [1.165, 1.54) is 46.5 Å². The lowest BCUT2D eigenvalue weighted by atomic mass is 10.3. The molecule has 158 valence electrons. The molecule has 0 unspecified atom stereocenters. The number of anilines is 1. The minimum atomic E-state index is -0.415. The normalized spacial score (nSPS) is 10.9. The van der Waals surface area contributed by atoms with Crippen LogP contribution in [0, 0.1) is 5.82 Å². The maximum Gasteiger partial charge on any atom is 0.300 e. The highest BCUT2D eigenvalue weighted by molar-refractivity contribution is 7.99. The zero-order chi connectivity index (χ0) is 22.0. The Morgan fingerprint density at radius 2 is 1.97 bits per heavy atom. The van der Waals surface area contributed by atoms with Gasteiger partial charge in [-0.1, -0.05) is 23.4 Å². The number of rotatable bonds is 6. The van der Waals surface area contributed by atoms with Gasteiger partial charge in [-0.3, -0.25) is 18.6 Å². The van der Waals surface area contributed by atoms with E-state index >= 15 is 0 Å². The molecule has 0 radical (unpaired) electrons. The van der Waals surface area contributed by atoms with Crippen molar-refractivity contribution in [3.05, 3.63) is 76.1 Å². The Bertz CT molecular complexity index is 1320. The molecule has 2 heterocycles. The minimum absolute atomic E-state index is 0.0253. The zero-order valence-corrected chi connectivity index (χ0v) is 17.7. The van der Waals surface area contributed by atoms with Crippen LogP contribution in [0.5, 0.6) is 5.75 Å². The molecule has 0 aliphatic rings. The molecule has 11 heteroatoms. The molecule has 0 bridgehead atoms. The van der Waals surface area contributed by atoms with E-state index in [9.17, 15) is 14.0 Å². The summed E-state index contributed by atoms with van der Waals surface area (Å²) in [5.41, 5.74) is 0.627. The first-order valence-electron chi connectivity index (χ1n) is 8.95. The molecule has 0 spiro atoms. The Morgan fingerprint density at radius 1 is 1.19 bits per heavy atom. The Morgan fingerprint density at radius 3 is 2.71 bits per heavy atom. The van der Waals surface area contributed by atoms with Crippen LogP contribution < -0.4 is 15.6 Å². The number of nitrogens with one attached hydrogen (secondary N) is 1. The molecule has 0 atom stereocenters. The second-order valence-corrected chi connectivity index (χ2v) is 7.69. The lowest BCUT2D eigenvalue weighted by Crippen LogP contribution is -2.20. The molecule has 0 aliphatic carbocycles. The lowest BCUT2D eigenvalue weighted by molar-refractivity contribution is -0.113. The van der Waals surface area contributed by atoms with Gasteiger partial charge in [0.25, 0.3) is 0 Å². The second-order valence-electron chi connectivity index (χ2n) is 6.31. The van der Waals surface area contributed by atoms with Crippen LogP contribution in [0.15, 0.2) is 64.8 Å². The third-order valence-corrected chi connectivity index (χ3v) is 5.49. The lowest BCUT2D eigenvalue weighted by Gasteiger charge is -2.10. The number of hydrogen-bond donors (Lipinski definition) is 1. The fourth-order valence-electron chi connectivity index (χ4n) is 2.86. The van der Waals surface area contributed by atoms with Crippen LogP contribution in [0.3, 0.4) is 0 Å². The van der Waals surface area contributed by atoms with E-state index in [1.807, 2.05) is 0 Å². The first kappa shape index (κ1) is 20.9. The van der Waals surface area contributed by atoms with Gasteiger partial charge in [0, 0.05) is 23.1 Å². The van der Waals surface area contributed by atoms with Crippen molar-refractivity contribution < 1.29 is 13.9 Å². The topological polar surface area (TPSA) is 90.5 Å². The van der Waals surface area contributed by atoms with E-state index in [2.05, 4.69) is 15.5 Å². The number of carbonyl (C=O) groups is 1. The summed E-state index contributed by atoms with van der Waals surface area (Å²) >= 11 is 7.10. The molecule has 2 aromatic carbocycles. The van der Waals surface area contributed by atoms with Crippen LogP contribution in [0.2, 0.25) is 5.02 Å². The Hall–Kier alpha value is -3.37. The average Bonchev–Trinajstić information content (AvgIpc) is 3.17. The van der Waals surface area contributed by atoms with Crippen molar-refractivity contribution in [3.63, 3.8) is 0 Å². The van der Waals surface area contributed by atoms with Crippen molar-refractivity contribution in [1.29, 1.82) is 0 Å². The average molecular weight is 460 g/mol. The van der Waals surface area contributed by atoms with Crippen molar-refractivity contribution in [2.24, 2.45) is 0 Å². The quantitative estimate of drug-likeness (QED) is 0.444. The number of halogens is 2. The standard InChI is InChI=1S/C20H15ClFN5O3S/c1-30-16-7-2-12(21)10-15(16)23-17(28)11-31-20-25-24-18-19(29)26(8-9-27(18)20)14-5-3-13(22)4-6-14/h2-10H,11H2,1H3,(H,23,28). The zero-order valence-electron chi connectivity index (χ0n) is 16.1. The van der Waals surface area contributed by atoms with E-state index in [1.54, 1.807) is 24.4 Å². The van der Waals surface area contributed by atoms with Crippen LogP contribution in [-0.4, -0.2) is 37.9 Å². The summed E-state index contributed by atoms with van der Waals surface area (Å²) in [5.74, 6) is -0.191. The number of benzene rings is 2. The van der Waals surface area contributed by atoms with Crippen LogP contribution in [0.4, 0.5) is 10.1 Å². The van der Waals surface area contributed by atoms with Gasteiger partial charge in [0.05, 0.1) is 18.6 Å². The number of nitrogens with zero attached hydrogens (tertiary/aromatic N) is 4. The molecule has 4 aromatic rings. The van der Waals surface area contributed by atoms with Crippen LogP contribution >= 0.6 is 23.4 Å². The summed E-state index contributed by atoms with van der Waals surface area (Å²) in [6.45, 7) is 0. The van der Waals surface area contributed by atoms with Gasteiger partial charge >= 0.3 is 5.56 Å². The summed E-state index contributed by atoms with van der Waals surface area (Å²) in [7, 11) is 1.49. The molecule has 0 saturated carbocycles. The molecule has 2 aromatic heterocycles. The Balaban J connectivity index is 1.51. The van der Waals surface area contributed by atoms with Gasteiger partial charge in [-0.05, 0) is 42.5 Å². The number of hydrogen-bond acceptors (Lipinski definition) is 6. The van der Waals surface area contributed by atoms with Crippen molar-refractivity contribution >= 4 is 40.6 Å². The molecule has 4 rings (SSSR count).